The van der Waals surface area contributed by atoms with E-state index in [-0.39, 0.29) is 23.9 Å². The van der Waals surface area contributed by atoms with E-state index in [1.807, 2.05) is 6.07 Å². The van der Waals surface area contributed by atoms with Gasteiger partial charge < -0.3 is 24.4 Å². The van der Waals surface area contributed by atoms with Crippen LogP contribution in [0, 0.1) is 11.3 Å². The monoisotopic (exact) mass is 486 g/mol. The molecule has 1 aromatic carbocycles. The number of nitrogens with two attached hydrogens (primary N) is 1. The van der Waals surface area contributed by atoms with E-state index in [1.165, 1.54) is 18.0 Å². The molecule has 0 spiro atoms. The molecular formula is C26H26N6O4. The Morgan fingerprint density at radius 2 is 2.22 bits per heavy atom. The van der Waals surface area contributed by atoms with Gasteiger partial charge in [0.25, 0.3) is 5.56 Å². The Bertz CT molecular complexity index is 1510. The van der Waals surface area contributed by atoms with Crippen LogP contribution in [0.2, 0.25) is 0 Å². The van der Waals surface area contributed by atoms with Crippen molar-refractivity contribution in [2.24, 2.45) is 5.73 Å². The van der Waals surface area contributed by atoms with Gasteiger partial charge >= 0.3 is 0 Å². The van der Waals surface area contributed by atoms with Gasteiger partial charge in [-0.3, -0.25) is 14.2 Å². The predicted molar refractivity (Wildman–Crippen MR) is 133 cm³/mol. The van der Waals surface area contributed by atoms with Crippen molar-refractivity contribution >= 4 is 22.6 Å². The van der Waals surface area contributed by atoms with Crippen molar-refractivity contribution in [3.05, 3.63) is 76.2 Å². The molecular weight excluding hydrogens is 460 g/mol. The molecule has 1 aliphatic rings. The highest BCUT2D eigenvalue weighted by molar-refractivity contribution is 5.96. The van der Waals surface area contributed by atoms with Crippen molar-refractivity contribution in [2.75, 3.05) is 25.1 Å². The molecule has 4 aromatic rings. The summed E-state index contributed by atoms with van der Waals surface area (Å²) in [5, 5.41) is 10.1. The van der Waals surface area contributed by atoms with Crippen molar-refractivity contribution < 1.29 is 13.9 Å². The molecule has 3 aromatic heterocycles. The van der Waals surface area contributed by atoms with Gasteiger partial charge in [0.1, 0.15) is 34.2 Å². The Morgan fingerprint density at radius 1 is 1.36 bits per heavy atom. The summed E-state index contributed by atoms with van der Waals surface area (Å²) in [5.74, 6) is 0.914. The molecule has 0 amide bonds. The van der Waals surface area contributed by atoms with E-state index in [1.54, 1.807) is 41.4 Å². The number of rotatable bonds is 7. The standard InChI is InChI=1S/C26H26N6O4/c1-35-20-6-2-4-18(10-20)22(33)14-31-16-29-23-21(11-27)25(30-8-3-5-19(28)13-30)32(24(23)26(31)34)12-17-7-9-36-15-17/h2,4,6-7,9-10,15-16,19H,3,5,8,12-14,28H2,1H3. The van der Waals surface area contributed by atoms with Crippen LogP contribution in [0.15, 0.2) is 58.4 Å². The number of aromatic nitrogens is 3. The minimum Gasteiger partial charge on any atom is -0.497 e. The molecule has 2 N–H and O–H groups in total. The van der Waals surface area contributed by atoms with E-state index in [9.17, 15) is 14.9 Å². The zero-order valence-corrected chi connectivity index (χ0v) is 19.9. The molecule has 1 saturated heterocycles. The third-order valence-electron chi connectivity index (χ3n) is 6.50. The first kappa shape index (κ1) is 23.4. The second-order valence-electron chi connectivity index (χ2n) is 8.91. The van der Waals surface area contributed by atoms with Crippen molar-refractivity contribution in [1.82, 2.24) is 14.1 Å². The average Bonchev–Trinajstić information content (AvgIpc) is 3.52. The first-order valence-corrected chi connectivity index (χ1v) is 11.7. The normalized spacial score (nSPS) is 15.7. The highest BCUT2D eigenvalue weighted by Gasteiger charge is 2.29. The number of nitriles is 1. The number of piperidine rings is 1. The maximum absolute atomic E-state index is 13.7. The number of ketones is 1. The lowest BCUT2D eigenvalue weighted by Crippen LogP contribution is -2.44. The molecule has 1 atom stereocenters. The van der Waals surface area contributed by atoms with Gasteiger partial charge in [-0.25, -0.2) is 4.98 Å². The summed E-state index contributed by atoms with van der Waals surface area (Å²) in [7, 11) is 1.53. The van der Waals surface area contributed by atoms with Crippen LogP contribution in [0.5, 0.6) is 5.75 Å². The third kappa shape index (κ3) is 4.25. The molecule has 4 heterocycles. The number of ether oxygens (including phenoxy) is 1. The Balaban J connectivity index is 1.63. The van der Waals surface area contributed by atoms with Crippen LogP contribution < -0.4 is 20.9 Å². The van der Waals surface area contributed by atoms with Gasteiger partial charge in [-0.05, 0) is 31.0 Å². The number of furan rings is 1. The van der Waals surface area contributed by atoms with E-state index in [4.69, 9.17) is 14.9 Å². The van der Waals surface area contributed by atoms with E-state index < -0.39 is 5.56 Å². The van der Waals surface area contributed by atoms with Gasteiger partial charge in [-0.1, -0.05) is 12.1 Å². The number of fused-ring (bicyclic) bond motifs is 1. The van der Waals surface area contributed by atoms with E-state index in [2.05, 4.69) is 16.0 Å². The fourth-order valence-corrected chi connectivity index (χ4v) is 4.76. The van der Waals surface area contributed by atoms with Crippen molar-refractivity contribution in [1.29, 1.82) is 5.26 Å². The van der Waals surface area contributed by atoms with Crippen LogP contribution in [-0.4, -0.2) is 46.1 Å². The first-order valence-electron chi connectivity index (χ1n) is 11.7. The number of hydrogen-bond donors (Lipinski definition) is 1. The number of methoxy groups -OCH3 is 1. The second kappa shape index (κ2) is 9.71. The number of anilines is 1. The summed E-state index contributed by atoms with van der Waals surface area (Å²) in [6, 6.07) is 10.8. The molecule has 0 bridgehead atoms. The number of hydrogen-bond acceptors (Lipinski definition) is 8. The number of carbonyl (C=O) groups excluding carboxylic acids is 1. The minimum atomic E-state index is -0.399. The molecule has 1 unspecified atom stereocenters. The fraction of sp³-hybridized carbons (Fsp3) is 0.308. The van der Waals surface area contributed by atoms with E-state index in [0.29, 0.717) is 47.8 Å². The smallest absolute Gasteiger partial charge is 0.278 e. The Hall–Kier alpha value is -4.36. The topological polar surface area (TPSA) is 132 Å². The highest BCUT2D eigenvalue weighted by Crippen LogP contribution is 2.32. The number of carbonyl (C=O) groups is 1. The quantitative estimate of drug-likeness (QED) is 0.394. The summed E-state index contributed by atoms with van der Waals surface area (Å²) in [5.41, 5.74) is 8.01. The van der Waals surface area contributed by atoms with Gasteiger partial charge in [-0.15, -0.1) is 0 Å². The van der Waals surface area contributed by atoms with Crippen LogP contribution in [0.3, 0.4) is 0 Å². The lowest BCUT2D eigenvalue weighted by Gasteiger charge is -2.33. The Labute approximate surface area is 207 Å². The van der Waals surface area contributed by atoms with Crippen LogP contribution in [0.4, 0.5) is 5.82 Å². The lowest BCUT2D eigenvalue weighted by molar-refractivity contribution is 0.0970. The van der Waals surface area contributed by atoms with Crippen LogP contribution in [0.1, 0.15) is 34.3 Å². The summed E-state index contributed by atoms with van der Waals surface area (Å²) in [6.45, 7) is 1.39. The predicted octanol–water partition coefficient (Wildman–Crippen LogP) is 2.53. The number of nitrogens with zero attached hydrogens (tertiary/aromatic N) is 5. The summed E-state index contributed by atoms with van der Waals surface area (Å²) in [4.78, 5) is 33.3. The van der Waals surface area contributed by atoms with Gasteiger partial charge in [0.15, 0.2) is 5.78 Å². The van der Waals surface area contributed by atoms with E-state index in [0.717, 1.165) is 18.4 Å². The zero-order chi connectivity index (χ0) is 25.2. The average molecular weight is 487 g/mol. The summed E-state index contributed by atoms with van der Waals surface area (Å²) < 4.78 is 13.5. The van der Waals surface area contributed by atoms with Crippen molar-refractivity contribution in [2.45, 2.75) is 32.0 Å². The molecule has 0 saturated carbocycles. The molecule has 0 aliphatic carbocycles. The Kier molecular flexibility index (Phi) is 6.31. The van der Waals surface area contributed by atoms with Gasteiger partial charge in [0.2, 0.25) is 0 Å². The SMILES string of the molecule is COc1cccc(C(=O)Cn2cnc3c(C#N)c(N4CCCC(N)C4)n(Cc4ccoc4)c3c2=O)c1. The maximum atomic E-state index is 13.7. The third-order valence-corrected chi connectivity index (χ3v) is 6.50. The van der Waals surface area contributed by atoms with Crippen LogP contribution in [-0.2, 0) is 13.1 Å². The highest BCUT2D eigenvalue weighted by atomic mass is 16.5. The molecule has 0 radical (unpaired) electrons. The van der Waals surface area contributed by atoms with E-state index >= 15 is 0 Å². The second-order valence-corrected chi connectivity index (χ2v) is 8.91. The largest absolute Gasteiger partial charge is 0.497 e. The van der Waals surface area contributed by atoms with Gasteiger partial charge in [-0.2, -0.15) is 5.26 Å². The molecule has 10 nitrogen and oxygen atoms in total. The molecule has 1 fully saturated rings. The van der Waals surface area contributed by atoms with Crippen molar-refractivity contribution in [3.8, 4) is 11.8 Å². The maximum Gasteiger partial charge on any atom is 0.278 e. The molecule has 36 heavy (non-hydrogen) atoms. The number of benzene rings is 1. The molecule has 1 aliphatic heterocycles. The number of Topliss-reactive ketones (excluding diaryl/α,β-unsaturated/α-hetero) is 1. The van der Waals surface area contributed by atoms with Gasteiger partial charge in [0.05, 0.1) is 39.1 Å². The lowest BCUT2D eigenvalue weighted by atomic mass is 10.1. The summed E-state index contributed by atoms with van der Waals surface area (Å²) in [6.07, 6.45) is 6.28. The van der Waals surface area contributed by atoms with Crippen LogP contribution >= 0.6 is 0 Å². The minimum absolute atomic E-state index is 0.0317. The zero-order valence-electron chi connectivity index (χ0n) is 19.9. The molecule has 10 heteroatoms. The summed E-state index contributed by atoms with van der Waals surface area (Å²) >= 11 is 0. The first-order chi connectivity index (χ1) is 17.5. The molecule has 5 rings (SSSR count). The molecule has 184 valence electrons. The van der Waals surface area contributed by atoms with Crippen LogP contribution in [0.25, 0.3) is 11.0 Å². The van der Waals surface area contributed by atoms with Crippen molar-refractivity contribution in [3.63, 3.8) is 0 Å². The fourth-order valence-electron chi connectivity index (χ4n) is 4.76. The Morgan fingerprint density at radius 3 is 2.94 bits per heavy atom. The van der Waals surface area contributed by atoms with Gasteiger partial charge in [0, 0.05) is 30.3 Å².